The molecule has 0 saturated carbocycles. The molecule has 0 radical (unpaired) electrons. The molecule has 1 aliphatic rings. The van der Waals surface area contributed by atoms with Gasteiger partial charge in [0.25, 0.3) is 0 Å². The van der Waals surface area contributed by atoms with Crippen LogP contribution in [0.1, 0.15) is 30.0 Å². The van der Waals surface area contributed by atoms with Gasteiger partial charge >= 0.3 is 6.18 Å². The molecule has 2 aromatic rings. The highest BCUT2D eigenvalue weighted by Crippen LogP contribution is 2.34. The molecule has 102 valence electrons. The molecule has 0 spiro atoms. The Morgan fingerprint density at radius 3 is 2.79 bits per heavy atom. The Morgan fingerprint density at radius 1 is 1.26 bits per heavy atom. The van der Waals surface area contributed by atoms with Crippen molar-refractivity contribution in [3.8, 4) is 0 Å². The third-order valence-corrected chi connectivity index (χ3v) is 3.62. The van der Waals surface area contributed by atoms with Crippen molar-refractivity contribution in [2.24, 2.45) is 0 Å². The summed E-state index contributed by atoms with van der Waals surface area (Å²) in [6.07, 6.45) is -2.31. The molecule has 1 fully saturated rings. The van der Waals surface area contributed by atoms with E-state index in [4.69, 9.17) is 0 Å². The Labute approximate surface area is 108 Å². The van der Waals surface area contributed by atoms with E-state index < -0.39 is 11.7 Å². The lowest BCUT2D eigenvalue weighted by atomic mass is 9.93. The van der Waals surface area contributed by atoms with Crippen LogP contribution in [0.15, 0.2) is 18.2 Å². The van der Waals surface area contributed by atoms with Gasteiger partial charge in [0.2, 0.25) is 0 Å². The van der Waals surface area contributed by atoms with Gasteiger partial charge in [-0.1, -0.05) is 0 Å². The summed E-state index contributed by atoms with van der Waals surface area (Å²) in [7, 11) is 0. The van der Waals surface area contributed by atoms with Crippen LogP contribution >= 0.6 is 0 Å². The van der Waals surface area contributed by atoms with Crippen LogP contribution in [-0.4, -0.2) is 23.3 Å². The van der Waals surface area contributed by atoms with E-state index in [9.17, 15) is 13.2 Å². The summed E-state index contributed by atoms with van der Waals surface area (Å²) in [5.74, 6) is 0.210. The number of hydrogen-bond acceptors (Lipinski definition) is 2. The zero-order valence-electron chi connectivity index (χ0n) is 10.2. The average Bonchev–Trinajstić information content (AvgIpc) is 2.81. The summed E-state index contributed by atoms with van der Waals surface area (Å²) in [4.78, 5) is 0. The van der Waals surface area contributed by atoms with Crippen LogP contribution in [0.3, 0.4) is 0 Å². The SMILES string of the molecule is FC(F)(F)c1ccc2n[nH]c(C3CCCNC3)c2c1. The van der Waals surface area contributed by atoms with Crippen LogP contribution in [0.5, 0.6) is 0 Å². The minimum absolute atomic E-state index is 0.210. The number of H-pyrrole nitrogens is 1. The largest absolute Gasteiger partial charge is 0.416 e. The quantitative estimate of drug-likeness (QED) is 0.835. The van der Waals surface area contributed by atoms with Crippen molar-refractivity contribution < 1.29 is 13.2 Å². The van der Waals surface area contributed by atoms with Gasteiger partial charge in [-0.05, 0) is 37.6 Å². The maximum atomic E-state index is 12.8. The highest BCUT2D eigenvalue weighted by Gasteiger charge is 2.31. The second-order valence-corrected chi connectivity index (χ2v) is 4.91. The van der Waals surface area contributed by atoms with E-state index in [-0.39, 0.29) is 5.92 Å². The van der Waals surface area contributed by atoms with Crippen molar-refractivity contribution in [2.75, 3.05) is 13.1 Å². The fraction of sp³-hybridized carbons (Fsp3) is 0.462. The maximum Gasteiger partial charge on any atom is 0.416 e. The molecule has 2 N–H and O–H groups in total. The summed E-state index contributed by atoms with van der Waals surface area (Å²) in [5, 5.41) is 10.9. The lowest BCUT2D eigenvalue weighted by Gasteiger charge is -2.21. The molecule has 0 bridgehead atoms. The van der Waals surface area contributed by atoms with E-state index in [1.165, 1.54) is 12.1 Å². The van der Waals surface area contributed by atoms with E-state index in [1.54, 1.807) is 0 Å². The van der Waals surface area contributed by atoms with Gasteiger partial charge in [-0.15, -0.1) is 0 Å². The zero-order chi connectivity index (χ0) is 13.5. The third kappa shape index (κ3) is 2.32. The van der Waals surface area contributed by atoms with E-state index in [2.05, 4.69) is 15.5 Å². The number of halogens is 3. The molecular weight excluding hydrogens is 255 g/mol. The molecule has 1 unspecified atom stereocenters. The summed E-state index contributed by atoms with van der Waals surface area (Å²) >= 11 is 0. The number of fused-ring (bicyclic) bond motifs is 1. The second kappa shape index (κ2) is 4.52. The zero-order valence-corrected chi connectivity index (χ0v) is 10.2. The lowest BCUT2D eigenvalue weighted by molar-refractivity contribution is -0.137. The first-order chi connectivity index (χ1) is 9.05. The first-order valence-corrected chi connectivity index (χ1v) is 6.31. The standard InChI is InChI=1S/C13H14F3N3/c14-13(15,16)9-3-4-11-10(6-9)12(19-18-11)8-2-1-5-17-7-8/h3-4,6,8,17H,1-2,5,7H2,(H,18,19). The van der Waals surface area contributed by atoms with Crippen LogP contribution in [0.2, 0.25) is 0 Å². The van der Waals surface area contributed by atoms with Crippen LogP contribution < -0.4 is 5.32 Å². The van der Waals surface area contributed by atoms with Gasteiger partial charge in [0.05, 0.1) is 11.1 Å². The minimum Gasteiger partial charge on any atom is -0.316 e. The smallest absolute Gasteiger partial charge is 0.316 e. The molecule has 0 amide bonds. The van der Waals surface area contributed by atoms with Gasteiger partial charge in [-0.2, -0.15) is 18.3 Å². The minimum atomic E-state index is -4.31. The van der Waals surface area contributed by atoms with Crippen LogP contribution in [0.25, 0.3) is 10.9 Å². The van der Waals surface area contributed by atoms with Crippen LogP contribution in [0, 0.1) is 0 Å². The van der Waals surface area contributed by atoms with E-state index in [1.807, 2.05) is 0 Å². The maximum absolute atomic E-state index is 12.8. The van der Waals surface area contributed by atoms with Crippen molar-refractivity contribution in [3.63, 3.8) is 0 Å². The molecule has 1 aromatic heterocycles. The molecule has 6 heteroatoms. The summed E-state index contributed by atoms with van der Waals surface area (Å²) in [5.41, 5.74) is 0.785. The fourth-order valence-electron chi connectivity index (χ4n) is 2.62. The third-order valence-electron chi connectivity index (χ3n) is 3.62. The summed E-state index contributed by atoms with van der Waals surface area (Å²) in [6, 6.07) is 3.70. The average molecular weight is 269 g/mol. The number of aromatic amines is 1. The van der Waals surface area contributed by atoms with Crippen molar-refractivity contribution in [1.82, 2.24) is 15.5 Å². The van der Waals surface area contributed by atoms with Gasteiger partial charge < -0.3 is 5.32 Å². The highest BCUT2D eigenvalue weighted by molar-refractivity contribution is 5.82. The van der Waals surface area contributed by atoms with Crippen molar-refractivity contribution in [3.05, 3.63) is 29.5 Å². The van der Waals surface area contributed by atoms with Gasteiger partial charge in [0.15, 0.2) is 0 Å². The first kappa shape index (κ1) is 12.5. The number of piperidine rings is 1. The number of nitrogens with one attached hydrogen (secondary N) is 2. The molecule has 3 rings (SSSR count). The Kier molecular flexibility index (Phi) is 2.97. The molecule has 19 heavy (non-hydrogen) atoms. The first-order valence-electron chi connectivity index (χ1n) is 6.31. The monoisotopic (exact) mass is 269 g/mol. The van der Waals surface area contributed by atoms with Gasteiger partial charge in [0, 0.05) is 23.5 Å². The summed E-state index contributed by atoms with van der Waals surface area (Å²) < 4.78 is 38.3. The molecule has 1 aromatic carbocycles. The van der Waals surface area contributed by atoms with Crippen molar-refractivity contribution in [1.29, 1.82) is 0 Å². The van der Waals surface area contributed by atoms with Gasteiger partial charge in [-0.3, -0.25) is 5.10 Å². The normalized spacial score (nSPS) is 20.9. The van der Waals surface area contributed by atoms with E-state index in [0.29, 0.717) is 10.9 Å². The number of aromatic nitrogens is 2. The molecule has 1 aliphatic heterocycles. The predicted molar refractivity (Wildman–Crippen MR) is 65.9 cm³/mol. The molecule has 0 aliphatic carbocycles. The van der Waals surface area contributed by atoms with E-state index >= 15 is 0 Å². The fourth-order valence-corrected chi connectivity index (χ4v) is 2.62. The number of nitrogens with zero attached hydrogens (tertiary/aromatic N) is 1. The van der Waals surface area contributed by atoms with Crippen molar-refractivity contribution in [2.45, 2.75) is 24.9 Å². The molecule has 1 saturated heterocycles. The molecule has 1 atom stereocenters. The molecular formula is C13H14F3N3. The number of benzene rings is 1. The number of rotatable bonds is 1. The van der Waals surface area contributed by atoms with Gasteiger partial charge in [0.1, 0.15) is 0 Å². The Morgan fingerprint density at radius 2 is 2.11 bits per heavy atom. The predicted octanol–water partition coefficient (Wildman–Crippen LogP) is 3.05. The Hall–Kier alpha value is -1.56. The molecule has 3 nitrogen and oxygen atoms in total. The summed E-state index contributed by atoms with van der Waals surface area (Å²) in [6.45, 7) is 1.75. The highest BCUT2D eigenvalue weighted by atomic mass is 19.4. The number of alkyl halides is 3. The van der Waals surface area contributed by atoms with Crippen LogP contribution in [0.4, 0.5) is 13.2 Å². The molecule has 2 heterocycles. The van der Waals surface area contributed by atoms with Crippen molar-refractivity contribution >= 4 is 10.9 Å². The lowest BCUT2D eigenvalue weighted by Crippen LogP contribution is -2.28. The Bertz CT molecular complexity index is 582. The van der Waals surface area contributed by atoms with E-state index in [0.717, 1.165) is 37.7 Å². The van der Waals surface area contributed by atoms with Crippen LogP contribution in [-0.2, 0) is 6.18 Å². The topological polar surface area (TPSA) is 40.7 Å². The number of hydrogen-bond donors (Lipinski definition) is 2. The van der Waals surface area contributed by atoms with Gasteiger partial charge in [-0.25, -0.2) is 0 Å². The second-order valence-electron chi connectivity index (χ2n) is 4.91. The Balaban J connectivity index is 2.05.